The first-order chi connectivity index (χ1) is 14.3. The molecular formula is C23H35BrO5S. The first-order valence-electron chi connectivity index (χ1n) is 10.5. The minimum atomic E-state index is -0.161. The maximum atomic E-state index is 11.5. The van der Waals surface area contributed by atoms with Gasteiger partial charge in [0.2, 0.25) is 0 Å². The number of ether oxygens (including phenoxy) is 3. The van der Waals surface area contributed by atoms with Crippen LogP contribution in [0, 0.1) is 5.41 Å². The van der Waals surface area contributed by atoms with E-state index in [1.807, 2.05) is 26.0 Å². The number of carbonyl (C=O) groups is 2. The number of thioether (sulfide) groups is 1. The van der Waals surface area contributed by atoms with E-state index in [2.05, 4.69) is 41.9 Å². The molecule has 0 aliphatic carbocycles. The van der Waals surface area contributed by atoms with Gasteiger partial charge in [-0.2, -0.15) is 0 Å². The molecule has 30 heavy (non-hydrogen) atoms. The number of alkyl halides is 1. The van der Waals surface area contributed by atoms with Gasteiger partial charge in [-0.25, -0.2) is 0 Å². The van der Waals surface area contributed by atoms with Crippen LogP contribution in [0.15, 0.2) is 24.3 Å². The Bertz CT molecular complexity index is 650. The average molecular weight is 503 g/mol. The minimum absolute atomic E-state index is 0.00795. The second kappa shape index (κ2) is 14.9. The summed E-state index contributed by atoms with van der Waals surface area (Å²) in [4.78, 5) is 23.2. The van der Waals surface area contributed by atoms with E-state index in [0.29, 0.717) is 45.0 Å². The van der Waals surface area contributed by atoms with Crippen LogP contribution in [0.2, 0.25) is 0 Å². The Balaban J connectivity index is 2.33. The SMILES string of the molecule is CCOC(=O)CCc1cccc(C(Br)CCOCC(C)(C)CSCC(=O)OCC)c1. The first kappa shape index (κ1) is 27.0. The number of carbonyl (C=O) groups excluding carboxylic acids is 2. The molecule has 1 atom stereocenters. The Kier molecular flexibility index (Phi) is 13.4. The van der Waals surface area contributed by atoms with Crippen LogP contribution < -0.4 is 0 Å². The molecule has 0 aliphatic rings. The van der Waals surface area contributed by atoms with Gasteiger partial charge in [-0.3, -0.25) is 9.59 Å². The van der Waals surface area contributed by atoms with Crippen LogP contribution in [0.5, 0.6) is 0 Å². The van der Waals surface area contributed by atoms with E-state index in [1.54, 1.807) is 11.8 Å². The van der Waals surface area contributed by atoms with Crippen molar-refractivity contribution in [1.82, 2.24) is 0 Å². The van der Waals surface area contributed by atoms with Gasteiger partial charge in [0, 0.05) is 23.6 Å². The highest BCUT2D eigenvalue weighted by Crippen LogP contribution is 2.28. The van der Waals surface area contributed by atoms with Crippen LogP contribution in [-0.4, -0.2) is 49.9 Å². The molecule has 0 saturated carbocycles. The number of esters is 2. The average Bonchev–Trinajstić information content (AvgIpc) is 2.70. The Morgan fingerprint density at radius 3 is 2.53 bits per heavy atom. The smallest absolute Gasteiger partial charge is 0.315 e. The van der Waals surface area contributed by atoms with Gasteiger partial charge in [0.05, 0.1) is 25.6 Å². The lowest BCUT2D eigenvalue weighted by Crippen LogP contribution is -2.23. The number of benzene rings is 1. The van der Waals surface area contributed by atoms with Gasteiger partial charge in [0.1, 0.15) is 0 Å². The highest BCUT2D eigenvalue weighted by molar-refractivity contribution is 9.09. The fourth-order valence-electron chi connectivity index (χ4n) is 2.78. The van der Waals surface area contributed by atoms with Crippen molar-refractivity contribution in [3.63, 3.8) is 0 Å². The quantitative estimate of drug-likeness (QED) is 0.183. The second-order valence-corrected chi connectivity index (χ2v) is 9.91. The summed E-state index contributed by atoms with van der Waals surface area (Å²) in [7, 11) is 0. The van der Waals surface area contributed by atoms with Gasteiger partial charge in [-0.1, -0.05) is 54.0 Å². The van der Waals surface area contributed by atoms with Gasteiger partial charge < -0.3 is 14.2 Å². The van der Waals surface area contributed by atoms with Gasteiger partial charge in [0.25, 0.3) is 0 Å². The summed E-state index contributed by atoms with van der Waals surface area (Å²) in [6.07, 6.45) is 1.94. The molecule has 0 bridgehead atoms. The molecule has 0 amide bonds. The topological polar surface area (TPSA) is 61.8 Å². The van der Waals surface area contributed by atoms with Crippen molar-refractivity contribution in [1.29, 1.82) is 0 Å². The van der Waals surface area contributed by atoms with Crippen LogP contribution in [0.25, 0.3) is 0 Å². The van der Waals surface area contributed by atoms with Crippen LogP contribution >= 0.6 is 27.7 Å². The van der Waals surface area contributed by atoms with Crippen molar-refractivity contribution >= 4 is 39.6 Å². The molecule has 0 saturated heterocycles. The summed E-state index contributed by atoms with van der Waals surface area (Å²) in [5.41, 5.74) is 2.31. The van der Waals surface area contributed by atoms with E-state index in [0.717, 1.165) is 17.7 Å². The third-order valence-electron chi connectivity index (χ3n) is 4.26. The summed E-state index contributed by atoms with van der Waals surface area (Å²) < 4.78 is 15.9. The first-order valence-corrected chi connectivity index (χ1v) is 12.5. The molecule has 0 N–H and O–H groups in total. The van der Waals surface area contributed by atoms with E-state index in [4.69, 9.17) is 14.2 Å². The molecule has 0 fully saturated rings. The summed E-state index contributed by atoms with van der Waals surface area (Å²) in [5, 5.41) is 0. The number of hydrogen-bond acceptors (Lipinski definition) is 6. The lowest BCUT2D eigenvalue weighted by molar-refractivity contribution is -0.143. The Morgan fingerprint density at radius 2 is 1.83 bits per heavy atom. The minimum Gasteiger partial charge on any atom is -0.466 e. The van der Waals surface area contributed by atoms with Crippen molar-refractivity contribution in [3.8, 4) is 0 Å². The molecule has 0 spiro atoms. The zero-order chi connectivity index (χ0) is 22.4. The highest BCUT2D eigenvalue weighted by Gasteiger charge is 2.19. The molecule has 1 aromatic carbocycles. The van der Waals surface area contributed by atoms with Gasteiger partial charge in [0.15, 0.2) is 0 Å². The van der Waals surface area contributed by atoms with E-state index >= 15 is 0 Å². The Hall–Kier alpha value is -1.05. The normalized spacial score (nSPS) is 12.4. The summed E-state index contributed by atoms with van der Waals surface area (Å²) in [6, 6.07) is 8.28. The number of rotatable bonds is 15. The lowest BCUT2D eigenvalue weighted by Gasteiger charge is -2.24. The molecular weight excluding hydrogens is 468 g/mol. The largest absolute Gasteiger partial charge is 0.466 e. The predicted molar refractivity (Wildman–Crippen MR) is 126 cm³/mol. The standard InChI is InChI=1S/C23H35BrO5S/c1-5-28-21(25)11-10-18-8-7-9-19(14-18)20(24)12-13-27-16-23(3,4)17-30-15-22(26)29-6-2/h7-9,14,20H,5-6,10-13,15-17H2,1-4H3. The molecule has 1 rings (SSSR count). The molecule has 7 heteroatoms. The molecule has 1 aromatic rings. The molecule has 5 nitrogen and oxygen atoms in total. The van der Waals surface area contributed by atoms with Crippen LogP contribution in [0.3, 0.4) is 0 Å². The van der Waals surface area contributed by atoms with Gasteiger partial charge >= 0.3 is 11.9 Å². The van der Waals surface area contributed by atoms with Crippen LogP contribution in [0.1, 0.15) is 56.5 Å². The van der Waals surface area contributed by atoms with Gasteiger partial charge in [-0.15, -0.1) is 11.8 Å². The Labute approximate surface area is 193 Å². The fourth-order valence-corrected chi connectivity index (χ4v) is 4.24. The Morgan fingerprint density at radius 1 is 1.13 bits per heavy atom. The summed E-state index contributed by atoms with van der Waals surface area (Å²) in [5.74, 6) is 0.903. The second-order valence-electron chi connectivity index (χ2n) is 7.82. The number of halogens is 1. The van der Waals surface area contributed by atoms with Gasteiger partial charge in [-0.05, 0) is 43.2 Å². The third-order valence-corrected chi connectivity index (χ3v) is 6.67. The summed E-state index contributed by atoms with van der Waals surface area (Å²) in [6.45, 7) is 10.1. The fraction of sp³-hybridized carbons (Fsp3) is 0.652. The number of aryl methyl sites for hydroxylation is 1. The zero-order valence-corrected chi connectivity index (χ0v) is 21.0. The maximum absolute atomic E-state index is 11.5. The van der Waals surface area contributed by atoms with E-state index in [-0.39, 0.29) is 22.2 Å². The van der Waals surface area contributed by atoms with E-state index in [9.17, 15) is 9.59 Å². The van der Waals surface area contributed by atoms with E-state index < -0.39 is 0 Å². The monoisotopic (exact) mass is 502 g/mol. The van der Waals surface area contributed by atoms with Crippen molar-refractivity contribution < 1.29 is 23.8 Å². The molecule has 0 aliphatic heterocycles. The molecule has 0 radical (unpaired) electrons. The molecule has 170 valence electrons. The molecule has 1 unspecified atom stereocenters. The predicted octanol–water partition coefficient (Wildman–Crippen LogP) is 5.35. The van der Waals surface area contributed by atoms with Crippen LogP contribution in [-0.2, 0) is 30.2 Å². The third kappa shape index (κ3) is 12.0. The highest BCUT2D eigenvalue weighted by atomic mass is 79.9. The summed E-state index contributed by atoms with van der Waals surface area (Å²) >= 11 is 5.34. The number of hydrogen-bond donors (Lipinski definition) is 0. The van der Waals surface area contributed by atoms with Crippen LogP contribution in [0.4, 0.5) is 0 Å². The molecule has 0 heterocycles. The van der Waals surface area contributed by atoms with Crippen molar-refractivity contribution in [2.75, 3.05) is 37.9 Å². The van der Waals surface area contributed by atoms with Crippen molar-refractivity contribution in [2.24, 2.45) is 5.41 Å². The van der Waals surface area contributed by atoms with Crippen molar-refractivity contribution in [3.05, 3.63) is 35.4 Å². The molecule has 0 aromatic heterocycles. The maximum Gasteiger partial charge on any atom is 0.315 e. The van der Waals surface area contributed by atoms with Crippen molar-refractivity contribution in [2.45, 2.75) is 51.8 Å². The van der Waals surface area contributed by atoms with E-state index in [1.165, 1.54) is 5.56 Å². The zero-order valence-electron chi connectivity index (χ0n) is 18.6. The lowest BCUT2D eigenvalue weighted by atomic mass is 9.98.